The van der Waals surface area contributed by atoms with Crippen LogP contribution in [-0.2, 0) is 27.3 Å². The Morgan fingerprint density at radius 3 is 2.50 bits per heavy atom. The maximum Gasteiger partial charge on any atom is 0.342 e. The zero-order valence-electron chi connectivity index (χ0n) is 19.7. The predicted octanol–water partition coefficient (Wildman–Crippen LogP) is 3.49. The van der Waals surface area contributed by atoms with Crippen LogP contribution in [0.2, 0.25) is 0 Å². The third kappa shape index (κ3) is 2.69. The summed E-state index contributed by atoms with van der Waals surface area (Å²) in [6, 6.07) is 0. The first-order valence-corrected chi connectivity index (χ1v) is 11.4. The Balaban J connectivity index is 1.70. The molecule has 1 aliphatic carbocycles. The molecule has 3 aliphatic heterocycles. The molecule has 1 aromatic rings. The molecule has 32 heavy (non-hydrogen) atoms. The van der Waals surface area contributed by atoms with Crippen molar-refractivity contribution in [3.63, 3.8) is 0 Å². The summed E-state index contributed by atoms with van der Waals surface area (Å²) in [7, 11) is 1.57. The zero-order chi connectivity index (χ0) is 23.2. The highest BCUT2D eigenvalue weighted by atomic mass is 16.6. The second kappa shape index (κ2) is 6.62. The van der Waals surface area contributed by atoms with Gasteiger partial charge < -0.3 is 24.1 Å². The topological polar surface area (TPSA) is 91.3 Å². The van der Waals surface area contributed by atoms with Gasteiger partial charge in [-0.15, -0.1) is 0 Å². The predicted molar refractivity (Wildman–Crippen MR) is 115 cm³/mol. The van der Waals surface area contributed by atoms with Gasteiger partial charge in [-0.1, -0.05) is 6.92 Å². The highest BCUT2D eigenvalue weighted by Crippen LogP contribution is 2.62. The van der Waals surface area contributed by atoms with Crippen LogP contribution in [0.5, 0.6) is 11.5 Å². The number of aliphatic hydroxyl groups is 1. The van der Waals surface area contributed by atoms with Gasteiger partial charge in [0.1, 0.15) is 34.9 Å². The van der Waals surface area contributed by atoms with E-state index in [-0.39, 0.29) is 30.4 Å². The highest BCUT2D eigenvalue weighted by Gasteiger charge is 2.65. The number of esters is 2. The lowest BCUT2D eigenvalue weighted by molar-refractivity contribution is -0.211. The SMILES string of the molecule is COc1c2c(c(C)c3c1C(=O)OC3)O[C@@]1(C)C[C@H](O)[C@H]3C(C)(C)OC(=O)CC[C@]3(C)[C@@H]1C2. The molecule has 0 spiro atoms. The first kappa shape index (κ1) is 21.6. The maximum absolute atomic E-state index is 12.5. The van der Waals surface area contributed by atoms with Crippen molar-refractivity contribution >= 4 is 11.9 Å². The van der Waals surface area contributed by atoms with Crippen molar-refractivity contribution in [2.24, 2.45) is 17.3 Å². The summed E-state index contributed by atoms with van der Waals surface area (Å²) in [4.78, 5) is 24.9. The van der Waals surface area contributed by atoms with Crippen LogP contribution in [0.3, 0.4) is 0 Å². The normalized spacial score (nSPS) is 37.0. The van der Waals surface area contributed by atoms with E-state index in [9.17, 15) is 14.7 Å². The average Bonchev–Trinajstić information content (AvgIpc) is 3.03. The van der Waals surface area contributed by atoms with E-state index in [1.54, 1.807) is 7.11 Å². The van der Waals surface area contributed by atoms with Gasteiger partial charge in [-0.05, 0) is 51.5 Å². The van der Waals surface area contributed by atoms with Crippen LogP contribution in [0, 0.1) is 24.2 Å². The molecule has 0 aromatic heterocycles. The van der Waals surface area contributed by atoms with E-state index < -0.39 is 22.7 Å². The summed E-state index contributed by atoms with van der Waals surface area (Å²) in [5, 5.41) is 11.4. The third-order valence-electron chi connectivity index (χ3n) is 8.61. The van der Waals surface area contributed by atoms with E-state index in [4.69, 9.17) is 18.9 Å². The molecule has 3 heterocycles. The fourth-order valence-corrected chi connectivity index (χ4v) is 7.49. The first-order chi connectivity index (χ1) is 14.9. The monoisotopic (exact) mass is 444 g/mol. The molecule has 2 fully saturated rings. The van der Waals surface area contributed by atoms with Gasteiger partial charge in [-0.2, -0.15) is 0 Å². The molecule has 5 rings (SSSR count). The van der Waals surface area contributed by atoms with Crippen molar-refractivity contribution in [3.8, 4) is 11.5 Å². The van der Waals surface area contributed by atoms with Crippen LogP contribution >= 0.6 is 0 Å². The number of rotatable bonds is 1. The van der Waals surface area contributed by atoms with Crippen molar-refractivity contribution in [2.75, 3.05) is 7.11 Å². The Kier molecular flexibility index (Phi) is 4.46. The van der Waals surface area contributed by atoms with Crippen molar-refractivity contribution in [3.05, 3.63) is 22.3 Å². The smallest absolute Gasteiger partial charge is 0.342 e. The standard InChI is InChI=1S/C25H32O7/c1-12-14-11-30-22(28)18(14)20(29-6)13-9-16-24(4)8-7-17(27)31-23(2,3)21(24)15(26)10-25(16,5)32-19(12)13/h15-16,21,26H,7-11H2,1-6H3/t15-,16-,21-,24+,25-/m0/s1. The van der Waals surface area contributed by atoms with Crippen LogP contribution in [0.25, 0.3) is 0 Å². The summed E-state index contributed by atoms with van der Waals surface area (Å²) >= 11 is 0. The van der Waals surface area contributed by atoms with Crippen molar-refractivity contribution in [2.45, 2.75) is 84.2 Å². The molecule has 1 saturated carbocycles. The molecule has 5 atom stereocenters. The Hall–Kier alpha value is -2.28. The Labute approximate surface area is 188 Å². The number of carbonyl (C=O) groups excluding carboxylic acids is 2. The van der Waals surface area contributed by atoms with E-state index in [2.05, 4.69) is 13.8 Å². The van der Waals surface area contributed by atoms with Crippen LogP contribution < -0.4 is 9.47 Å². The Morgan fingerprint density at radius 2 is 1.81 bits per heavy atom. The lowest BCUT2D eigenvalue weighted by Gasteiger charge is -2.61. The second-order valence-electron chi connectivity index (χ2n) is 10.9. The van der Waals surface area contributed by atoms with Crippen LogP contribution in [0.15, 0.2) is 0 Å². The lowest BCUT2D eigenvalue weighted by Crippen LogP contribution is -2.66. The number of benzene rings is 1. The number of hydrogen-bond donors (Lipinski definition) is 1. The fourth-order valence-electron chi connectivity index (χ4n) is 7.49. The second-order valence-corrected chi connectivity index (χ2v) is 10.9. The molecule has 7 heteroatoms. The molecule has 0 unspecified atom stereocenters. The summed E-state index contributed by atoms with van der Waals surface area (Å²) in [6.45, 7) is 10.2. The average molecular weight is 445 g/mol. The quantitative estimate of drug-likeness (QED) is 0.663. The van der Waals surface area contributed by atoms with Gasteiger partial charge in [0.25, 0.3) is 0 Å². The summed E-state index contributed by atoms with van der Waals surface area (Å²) in [5.74, 6) is 0.410. The Bertz CT molecular complexity index is 1030. The van der Waals surface area contributed by atoms with Gasteiger partial charge in [0.05, 0.1) is 13.2 Å². The molecule has 174 valence electrons. The van der Waals surface area contributed by atoms with Gasteiger partial charge in [-0.25, -0.2) is 4.79 Å². The molecule has 0 bridgehead atoms. The minimum Gasteiger partial charge on any atom is -0.495 e. The molecule has 1 N–H and O–H groups in total. The third-order valence-corrected chi connectivity index (χ3v) is 8.61. The fraction of sp³-hybridized carbons (Fsp3) is 0.680. The van der Waals surface area contributed by atoms with Gasteiger partial charge in [0.2, 0.25) is 0 Å². The number of cyclic esters (lactones) is 2. The molecule has 7 nitrogen and oxygen atoms in total. The zero-order valence-corrected chi connectivity index (χ0v) is 19.7. The number of ether oxygens (including phenoxy) is 4. The Morgan fingerprint density at radius 1 is 1.09 bits per heavy atom. The van der Waals surface area contributed by atoms with Gasteiger partial charge >= 0.3 is 11.9 Å². The number of hydrogen-bond acceptors (Lipinski definition) is 7. The number of methoxy groups -OCH3 is 1. The van der Waals surface area contributed by atoms with E-state index in [1.165, 1.54) is 0 Å². The van der Waals surface area contributed by atoms with Crippen molar-refractivity contribution in [1.29, 1.82) is 0 Å². The van der Waals surface area contributed by atoms with E-state index >= 15 is 0 Å². The maximum atomic E-state index is 12.5. The van der Waals surface area contributed by atoms with Crippen LogP contribution in [0.4, 0.5) is 0 Å². The van der Waals surface area contributed by atoms with Gasteiger partial charge in [-0.3, -0.25) is 4.79 Å². The first-order valence-electron chi connectivity index (χ1n) is 11.4. The van der Waals surface area contributed by atoms with Crippen LogP contribution in [-0.4, -0.2) is 41.5 Å². The minimum absolute atomic E-state index is 0.00607. The molecule has 4 aliphatic rings. The largest absolute Gasteiger partial charge is 0.495 e. The van der Waals surface area contributed by atoms with Crippen LogP contribution in [0.1, 0.15) is 74.0 Å². The number of fused-ring (bicyclic) bond motifs is 5. The van der Waals surface area contributed by atoms with Gasteiger partial charge in [0, 0.05) is 35.8 Å². The summed E-state index contributed by atoms with van der Waals surface area (Å²) in [5.41, 5.74) is 1.22. The van der Waals surface area contributed by atoms with Gasteiger partial charge in [0.15, 0.2) is 0 Å². The molecule has 0 amide bonds. The summed E-state index contributed by atoms with van der Waals surface area (Å²) < 4.78 is 23.6. The van der Waals surface area contributed by atoms with Crippen molar-refractivity contribution < 1.29 is 33.6 Å². The molecule has 1 aromatic carbocycles. The van der Waals surface area contributed by atoms with Crippen molar-refractivity contribution in [1.82, 2.24) is 0 Å². The van der Waals surface area contributed by atoms with E-state index in [0.717, 1.165) is 22.4 Å². The lowest BCUT2D eigenvalue weighted by atomic mass is 9.49. The number of aliphatic hydroxyl groups excluding tert-OH is 1. The van der Waals surface area contributed by atoms with E-state index in [1.807, 2.05) is 20.8 Å². The highest BCUT2D eigenvalue weighted by molar-refractivity contribution is 5.98. The molecule has 1 saturated heterocycles. The minimum atomic E-state index is -0.800. The molecular weight excluding hydrogens is 412 g/mol. The van der Waals surface area contributed by atoms with E-state index in [0.29, 0.717) is 37.0 Å². The summed E-state index contributed by atoms with van der Waals surface area (Å²) in [6.07, 6.45) is 1.29. The molecule has 0 radical (unpaired) electrons. The number of carbonyl (C=O) groups is 2. The molecular formula is C25H32O7.